The fourth-order valence-corrected chi connectivity index (χ4v) is 2.87. The first-order valence-electron chi connectivity index (χ1n) is 7.56. The molecule has 1 saturated heterocycles. The van der Waals surface area contributed by atoms with Crippen molar-refractivity contribution in [3.8, 4) is 0 Å². The van der Waals surface area contributed by atoms with Gasteiger partial charge in [-0.1, -0.05) is 18.2 Å². The Labute approximate surface area is 138 Å². The van der Waals surface area contributed by atoms with Crippen LogP contribution in [-0.2, 0) is 6.54 Å². The quantitative estimate of drug-likeness (QED) is 0.617. The number of benzene rings is 1. The Morgan fingerprint density at radius 2 is 2.08 bits per heavy atom. The van der Waals surface area contributed by atoms with Crippen LogP contribution in [0.1, 0.15) is 26.4 Å². The maximum Gasteiger partial charge on any atom is 0.336 e. The van der Waals surface area contributed by atoms with E-state index in [4.69, 9.17) is 0 Å². The molecule has 2 atom stereocenters. The van der Waals surface area contributed by atoms with Crippen molar-refractivity contribution in [3.63, 3.8) is 0 Å². The number of carbonyl (C=O) groups is 2. The number of nitrogens with zero attached hydrogens (tertiary/aromatic N) is 2. The number of amides is 1. The maximum absolute atomic E-state index is 12.0. The van der Waals surface area contributed by atoms with E-state index >= 15 is 0 Å². The van der Waals surface area contributed by atoms with E-state index in [1.165, 1.54) is 6.20 Å². The third-order valence-electron chi connectivity index (χ3n) is 4.07. The van der Waals surface area contributed by atoms with Crippen LogP contribution in [0.4, 0.5) is 0 Å². The summed E-state index contributed by atoms with van der Waals surface area (Å²) in [7, 11) is 0. The van der Waals surface area contributed by atoms with Crippen molar-refractivity contribution >= 4 is 11.9 Å². The van der Waals surface area contributed by atoms with E-state index in [9.17, 15) is 19.8 Å². The average Bonchev–Trinajstić information content (AvgIpc) is 3.18. The normalized spacial score (nSPS) is 20.9. The monoisotopic (exact) mass is 330 g/mol. The molecule has 0 unspecified atom stereocenters. The first-order valence-corrected chi connectivity index (χ1v) is 7.56. The summed E-state index contributed by atoms with van der Waals surface area (Å²) in [6.45, 7) is 1.20. The molecule has 0 radical (unpaired) electrons. The van der Waals surface area contributed by atoms with E-state index in [1.807, 2.05) is 4.90 Å². The van der Waals surface area contributed by atoms with E-state index < -0.39 is 18.1 Å². The van der Waals surface area contributed by atoms with E-state index in [-0.39, 0.29) is 11.5 Å². The summed E-state index contributed by atoms with van der Waals surface area (Å²) in [5.74, 6) is -1.31. The number of aromatic nitrogens is 2. The summed E-state index contributed by atoms with van der Waals surface area (Å²) in [5.41, 5.74) is 1.26. The molecule has 8 heteroatoms. The number of H-pyrrole nitrogens is 1. The molecule has 0 saturated carbocycles. The molecule has 1 aliphatic rings. The van der Waals surface area contributed by atoms with Crippen molar-refractivity contribution in [2.24, 2.45) is 0 Å². The molecule has 1 aromatic heterocycles. The van der Waals surface area contributed by atoms with Crippen molar-refractivity contribution in [2.45, 2.75) is 18.7 Å². The van der Waals surface area contributed by atoms with Gasteiger partial charge in [0.15, 0.2) is 0 Å². The molecule has 2 heterocycles. The van der Waals surface area contributed by atoms with Crippen molar-refractivity contribution in [1.29, 1.82) is 0 Å². The van der Waals surface area contributed by atoms with Gasteiger partial charge in [0.05, 0.1) is 17.7 Å². The number of likely N-dealkylation sites (tertiary alicyclic amines) is 1. The minimum atomic E-state index is -0.977. The molecule has 2 aromatic rings. The van der Waals surface area contributed by atoms with Gasteiger partial charge in [-0.2, -0.15) is 5.10 Å². The molecule has 0 aliphatic carbocycles. The lowest BCUT2D eigenvalue weighted by molar-refractivity contribution is 0.0694. The van der Waals surface area contributed by atoms with Gasteiger partial charge in [0.25, 0.3) is 5.91 Å². The lowest BCUT2D eigenvalue weighted by Crippen LogP contribution is -2.43. The maximum atomic E-state index is 12.0. The summed E-state index contributed by atoms with van der Waals surface area (Å²) in [6.07, 6.45) is 0.767. The molecule has 1 fully saturated rings. The van der Waals surface area contributed by atoms with Gasteiger partial charge < -0.3 is 15.5 Å². The van der Waals surface area contributed by atoms with Crippen LogP contribution in [0.5, 0.6) is 0 Å². The summed E-state index contributed by atoms with van der Waals surface area (Å²) in [6, 6.07) is 7.91. The largest absolute Gasteiger partial charge is 0.478 e. The Balaban J connectivity index is 1.64. The molecular formula is C16H18N4O4. The van der Waals surface area contributed by atoms with Crippen molar-refractivity contribution < 1.29 is 19.8 Å². The molecule has 24 heavy (non-hydrogen) atoms. The first-order chi connectivity index (χ1) is 11.5. The van der Waals surface area contributed by atoms with Crippen LogP contribution in [0.25, 0.3) is 0 Å². The van der Waals surface area contributed by atoms with Crippen molar-refractivity contribution in [1.82, 2.24) is 20.4 Å². The number of aromatic carboxylic acids is 1. The Bertz CT molecular complexity index is 731. The van der Waals surface area contributed by atoms with Gasteiger partial charge in [-0.05, 0) is 17.7 Å². The van der Waals surface area contributed by atoms with E-state index in [0.717, 1.165) is 0 Å². The molecule has 1 amide bonds. The van der Waals surface area contributed by atoms with Crippen LogP contribution in [0.3, 0.4) is 0 Å². The second kappa shape index (κ2) is 6.81. The number of carbonyl (C=O) groups excluding carboxylic acids is 1. The number of aliphatic hydroxyl groups excluding tert-OH is 1. The van der Waals surface area contributed by atoms with Gasteiger partial charge in [0, 0.05) is 25.8 Å². The molecule has 1 aromatic carbocycles. The number of hydrogen-bond acceptors (Lipinski definition) is 5. The third kappa shape index (κ3) is 3.44. The Morgan fingerprint density at radius 1 is 1.29 bits per heavy atom. The number of carboxylic acid groups (broad SMARTS) is 1. The van der Waals surface area contributed by atoms with Crippen LogP contribution >= 0.6 is 0 Å². The van der Waals surface area contributed by atoms with Crippen molar-refractivity contribution in [3.05, 3.63) is 53.3 Å². The minimum absolute atomic E-state index is 0.247. The molecule has 0 spiro atoms. The highest BCUT2D eigenvalue weighted by Gasteiger charge is 2.33. The van der Waals surface area contributed by atoms with Crippen LogP contribution in [0.2, 0.25) is 0 Å². The molecule has 0 bridgehead atoms. The predicted octanol–water partition coefficient (Wildman–Crippen LogP) is 0.0830. The van der Waals surface area contributed by atoms with Gasteiger partial charge in [-0.25, -0.2) is 4.79 Å². The van der Waals surface area contributed by atoms with E-state index in [1.54, 1.807) is 30.3 Å². The molecule has 1 aliphatic heterocycles. The number of aliphatic hydroxyl groups is 1. The molecule has 126 valence electrons. The molecular weight excluding hydrogens is 312 g/mol. The lowest BCUT2D eigenvalue weighted by Gasteiger charge is -2.17. The smallest absolute Gasteiger partial charge is 0.336 e. The lowest BCUT2D eigenvalue weighted by atomic mass is 10.1. The van der Waals surface area contributed by atoms with Gasteiger partial charge in [-0.3, -0.25) is 14.8 Å². The molecule has 4 N–H and O–H groups in total. The Hall–Kier alpha value is -2.71. The van der Waals surface area contributed by atoms with Gasteiger partial charge in [-0.15, -0.1) is 0 Å². The number of aromatic amines is 1. The zero-order valence-electron chi connectivity index (χ0n) is 12.8. The number of carboxylic acids is 1. The minimum Gasteiger partial charge on any atom is -0.478 e. The van der Waals surface area contributed by atoms with Crippen LogP contribution in [0, 0.1) is 0 Å². The topological polar surface area (TPSA) is 119 Å². The Kier molecular flexibility index (Phi) is 4.59. The summed E-state index contributed by atoms with van der Waals surface area (Å²) in [5, 5.41) is 28.5. The number of hydrogen-bond donors (Lipinski definition) is 4. The fourth-order valence-electron chi connectivity index (χ4n) is 2.87. The van der Waals surface area contributed by atoms with Crippen LogP contribution < -0.4 is 5.32 Å². The Morgan fingerprint density at radius 3 is 2.79 bits per heavy atom. The predicted molar refractivity (Wildman–Crippen MR) is 84.5 cm³/mol. The number of nitrogens with one attached hydrogen (secondary N) is 2. The fraction of sp³-hybridized carbons (Fsp3) is 0.312. The second-order valence-corrected chi connectivity index (χ2v) is 5.77. The highest BCUT2D eigenvalue weighted by Crippen LogP contribution is 2.17. The van der Waals surface area contributed by atoms with Crippen molar-refractivity contribution in [2.75, 3.05) is 13.1 Å². The summed E-state index contributed by atoms with van der Waals surface area (Å²) < 4.78 is 0. The zero-order chi connectivity index (χ0) is 17.1. The highest BCUT2D eigenvalue weighted by molar-refractivity contribution is 5.92. The standard InChI is InChI=1S/C16H18N4O4/c21-14-9-20(7-10-3-1-2-4-11(10)16(23)24)8-13(14)18-15(22)12-5-6-17-19-12/h1-6,13-14,21H,7-9H2,(H,17,19)(H,18,22)(H,23,24)/t13-,14-/m1/s1. The number of β-amino-alcohol motifs (C(OH)–C–C–N with tert-alkyl or cyclic N) is 1. The van der Waals surface area contributed by atoms with Crippen LogP contribution in [-0.4, -0.2) is 62.4 Å². The zero-order valence-corrected chi connectivity index (χ0v) is 12.8. The third-order valence-corrected chi connectivity index (χ3v) is 4.07. The summed E-state index contributed by atoms with van der Waals surface area (Å²) >= 11 is 0. The molecule has 3 rings (SSSR count). The SMILES string of the molecule is O=C(N[C@@H]1CN(Cc2ccccc2C(=O)O)C[C@H]1O)c1ccn[nH]1. The van der Waals surface area contributed by atoms with Gasteiger partial charge in [0.1, 0.15) is 5.69 Å². The van der Waals surface area contributed by atoms with E-state index in [0.29, 0.717) is 30.9 Å². The summed E-state index contributed by atoms with van der Waals surface area (Å²) in [4.78, 5) is 25.2. The van der Waals surface area contributed by atoms with Gasteiger partial charge >= 0.3 is 5.97 Å². The van der Waals surface area contributed by atoms with E-state index in [2.05, 4.69) is 15.5 Å². The first kappa shape index (κ1) is 16.2. The van der Waals surface area contributed by atoms with Crippen LogP contribution in [0.15, 0.2) is 36.5 Å². The number of rotatable bonds is 5. The van der Waals surface area contributed by atoms with Gasteiger partial charge in [0.2, 0.25) is 0 Å². The average molecular weight is 330 g/mol. The second-order valence-electron chi connectivity index (χ2n) is 5.77. The molecule has 8 nitrogen and oxygen atoms in total. The highest BCUT2D eigenvalue weighted by atomic mass is 16.4.